The Bertz CT molecular complexity index is 480. The average Bonchev–Trinajstić information content (AvgIpc) is 2.34. The Kier molecular flexibility index (Phi) is 6.79. The molecule has 0 aromatic rings. The van der Waals surface area contributed by atoms with Crippen LogP contribution < -0.4 is 5.32 Å². The Hall–Kier alpha value is -0.960. The van der Waals surface area contributed by atoms with Crippen LogP contribution in [0.2, 0.25) is 0 Å². The molecule has 1 heterocycles. The van der Waals surface area contributed by atoms with Crippen molar-refractivity contribution in [3.8, 4) is 0 Å². The molecule has 2 N–H and O–H groups in total. The third-order valence-corrected chi connectivity index (χ3v) is 5.67. The summed E-state index contributed by atoms with van der Waals surface area (Å²) in [5, 5.41) is 11.7. The lowest BCUT2D eigenvalue weighted by Gasteiger charge is -2.35. The number of hydrogen-bond acceptors (Lipinski definition) is 5. The molecule has 1 aliphatic heterocycles. The molecule has 1 saturated heterocycles. The summed E-state index contributed by atoms with van der Waals surface area (Å²) in [7, 11) is -3.27. The zero-order valence-corrected chi connectivity index (χ0v) is 13.9. The van der Waals surface area contributed by atoms with Gasteiger partial charge in [0, 0.05) is 12.6 Å². The van der Waals surface area contributed by atoms with E-state index < -0.39 is 21.8 Å². The average molecular weight is 338 g/mol. The van der Waals surface area contributed by atoms with Gasteiger partial charge in [-0.2, -0.15) is 11.8 Å². The van der Waals surface area contributed by atoms with Crippen LogP contribution in [0.1, 0.15) is 19.8 Å². The van der Waals surface area contributed by atoms with Gasteiger partial charge in [0.1, 0.15) is 0 Å². The van der Waals surface area contributed by atoms with Gasteiger partial charge in [-0.05, 0) is 25.4 Å². The van der Waals surface area contributed by atoms with Gasteiger partial charge >= 0.3 is 12.0 Å². The van der Waals surface area contributed by atoms with Gasteiger partial charge < -0.3 is 15.3 Å². The number of amides is 2. The van der Waals surface area contributed by atoms with Crippen LogP contribution in [0.3, 0.4) is 0 Å². The Morgan fingerprint density at radius 1 is 1.48 bits per heavy atom. The predicted molar refractivity (Wildman–Crippen MR) is 82.4 cm³/mol. The normalized spacial score (nSPS) is 22.6. The van der Waals surface area contributed by atoms with Crippen molar-refractivity contribution in [2.45, 2.75) is 31.8 Å². The number of rotatable bonds is 6. The molecule has 2 amide bonds. The van der Waals surface area contributed by atoms with Crippen molar-refractivity contribution in [1.29, 1.82) is 0 Å². The number of sulfone groups is 1. The molecular weight excluding hydrogens is 316 g/mol. The summed E-state index contributed by atoms with van der Waals surface area (Å²) in [5.41, 5.74) is 0. The molecule has 0 spiro atoms. The van der Waals surface area contributed by atoms with Crippen molar-refractivity contribution < 1.29 is 23.1 Å². The maximum absolute atomic E-state index is 12.2. The first-order valence-electron chi connectivity index (χ1n) is 6.73. The van der Waals surface area contributed by atoms with Gasteiger partial charge in [0.05, 0.1) is 24.0 Å². The van der Waals surface area contributed by atoms with Crippen LogP contribution in [-0.4, -0.2) is 72.6 Å². The molecule has 21 heavy (non-hydrogen) atoms. The molecule has 2 atom stereocenters. The standard InChI is InChI=1S/C12H22N2O5S2/c1-9(3-5-20-2)13-12(17)14-4-6-21(18,19)8-10(14)7-11(15)16/h9-10H,3-8H2,1-2H3,(H,13,17)(H,15,16). The van der Waals surface area contributed by atoms with E-state index in [0.29, 0.717) is 0 Å². The van der Waals surface area contributed by atoms with E-state index in [0.717, 1.165) is 12.2 Å². The molecule has 0 bridgehead atoms. The molecule has 0 radical (unpaired) electrons. The molecule has 1 aliphatic rings. The van der Waals surface area contributed by atoms with E-state index in [9.17, 15) is 18.0 Å². The number of carbonyl (C=O) groups excluding carboxylic acids is 1. The minimum atomic E-state index is -3.27. The Balaban J connectivity index is 2.68. The quantitative estimate of drug-likeness (QED) is 0.727. The van der Waals surface area contributed by atoms with E-state index >= 15 is 0 Å². The zero-order chi connectivity index (χ0) is 16.0. The second-order valence-corrected chi connectivity index (χ2v) is 8.41. The monoisotopic (exact) mass is 338 g/mol. The van der Waals surface area contributed by atoms with Crippen LogP contribution in [0.4, 0.5) is 4.79 Å². The number of aliphatic carboxylic acids is 1. The highest BCUT2D eigenvalue weighted by Gasteiger charge is 2.35. The Morgan fingerprint density at radius 2 is 2.14 bits per heavy atom. The number of thioether (sulfide) groups is 1. The smallest absolute Gasteiger partial charge is 0.317 e. The van der Waals surface area contributed by atoms with Gasteiger partial charge in [-0.3, -0.25) is 4.79 Å². The van der Waals surface area contributed by atoms with Crippen LogP contribution in [0, 0.1) is 0 Å². The Morgan fingerprint density at radius 3 is 2.71 bits per heavy atom. The molecule has 0 aromatic heterocycles. The van der Waals surface area contributed by atoms with Crippen LogP contribution in [-0.2, 0) is 14.6 Å². The van der Waals surface area contributed by atoms with E-state index in [1.54, 1.807) is 11.8 Å². The summed E-state index contributed by atoms with van der Waals surface area (Å²) < 4.78 is 23.2. The first-order valence-corrected chi connectivity index (χ1v) is 9.95. The number of carboxylic acids is 1. The highest BCUT2D eigenvalue weighted by atomic mass is 32.2. The molecule has 122 valence electrons. The number of hydrogen-bond donors (Lipinski definition) is 2. The van der Waals surface area contributed by atoms with Gasteiger partial charge in [-0.25, -0.2) is 13.2 Å². The molecule has 1 rings (SSSR count). The number of nitrogens with zero attached hydrogens (tertiary/aromatic N) is 1. The van der Waals surface area contributed by atoms with E-state index in [-0.39, 0.29) is 36.5 Å². The maximum atomic E-state index is 12.2. The van der Waals surface area contributed by atoms with E-state index in [4.69, 9.17) is 5.11 Å². The fraction of sp³-hybridized carbons (Fsp3) is 0.833. The predicted octanol–water partition coefficient (Wildman–Crippen LogP) is 0.411. The molecule has 2 unspecified atom stereocenters. The van der Waals surface area contributed by atoms with Crippen molar-refractivity contribution in [2.24, 2.45) is 0 Å². The maximum Gasteiger partial charge on any atom is 0.317 e. The molecular formula is C12H22N2O5S2. The summed E-state index contributed by atoms with van der Waals surface area (Å²) in [6.45, 7) is 1.92. The largest absolute Gasteiger partial charge is 0.481 e. The summed E-state index contributed by atoms with van der Waals surface area (Å²) in [6.07, 6.45) is 2.43. The van der Waals surface area contributed by atoms with Gasteiger partial charge in [-0.15, -0.1) is 0 Å². The topological polar surface area (TPSA) is 104 Å². The van der Waals surface area contributed by atoms with E-state index in [2.05, 4.69) is 5.32 Å². The second-order valence-electron chi connectivity index (χ2n) is 5.19. The van der Waals surface area contributed by atoms with Crippen LogP contribution in [0.5, 0.6) is 0 Å². The molecule has 9 heteroatoms. The summed E-state index contributed by atoms with van der Waals surface area (Å²) >= 11 is 1.68. The highest BCUT2D eigenvalue weighted by Crippen LogP contribution is 2.15. The SMILES string of the molecule is CSCCC(C)NC(=O)N1CCS(=O)(=O)CC1CC(=O)O. The minimum Gasteiger partial charge on any atom is -0.481 e. The molecule has 1 fully saturated rings. The zero-order valence-electron chi connectivity index (χ0n) is 12.2. The summed E-state index contributed by atoms with van der Waals surface area (Å²) in [4.78, 5) is 24.4. The van der Waals surface area contributed by atoms with Gasteiger partial charge in [0.2, 0.25) is 0 Å². The molecule has 7 nitrogen and oxygen atoms in total. The van der Waals surface area contributed by atoms with Crippen molar-refractivity contribution in [3.05, 3.63) is 0 Å². The lowest BCUT2D eigenvalue weighted by molar-refractivity contribution is -0.138. The summed E-state index contributed by atoms with van der Waals surface area (Å²) in [6, 6.07) is -1.22. The van der Waals surface area contributed by atoms with Crippen LogP contribution in [0.15, 0.2) is 0 Å². The van der Waals surface area contributed by atoms with Crippen molar-refractivity contribution in [1.82, 2.24) is 10.2 Å². The number of urea groups is 1. The fourth-order valence-electron chi connectivity index (χ4n) is 2.18. The lowest BCUT2D eigenvalue weighted by atomic mass is 10.2. The van der Waals surface area contributed by atoms with Crippen LogP contribution in [0.25, 0.3) is 0 Å². The van der Waals surface area contributed by atoms with Crippen LogP contribution >= 0.6 is 11.8 Å². The van der Waals surface area contributed by atoms with Crippen molar-refractivity contribution >= 4 is 33.6 Å². The molecule has 0 aliphatic carbocycles. The number of carbonyl (C=O) groups is 2. The van der Waals surface area contributed by atoms with Crippen molar-refractivity contribution in [2.75, 3.05) is 30.1 Å². The van der Waals surface area contributed by atoms with E-state index in [1.165, 1.54) is 4.90 Å². The third kappa shape index (κ3) is 6.13. The molecule has 0 saturated carbocycles. The molecule has 0 aromatic carbocycles. The van der Waals surface area contributed by atoms with Gasteiger partial charge in [0.25, 0.3) is 0 Å². The van der Waals surface area contributed by atoms with E-state index in [1.807, 2.05) is 13.2 Å². The Labute approximate surface area is 129 Å². The highest BCUT2D eigenvalue weighted by molar-refractivity contribution is 7.98. The van der Waals surface area contributed by atoms with Gasteiger partial charge in [-0.1, -0.05) is 0 Å². The first kappa shape index (κ1) is 18.1. The minimum absolute atomic E-state index is 0.0334. The van der Waals surface area contributed by atoms with Gasteiger partial charge in [0.15, 0.2) is 9.84 Å². The number of nitrogens with one attached hydrogen (secondary N) is 1. The second kappa shape index (κ2) is 7.88. The lowest BCUT2D eigenvalue weighted by Crippen LogP contribution is -2.56. The fourth-order valence-corrected chi connectivity index (χ4v) is 4.30. The third-order valence-electron chi connectivity index (χ3n) is 3.33. The van der Waals surface area contributed by atoms with Crippen molar-refractivity contribution in [3.63, 3.8) is 0 Å². The first-order chi connectivity index (χ1) is 9.75. The summed E-state index contributed by atoms with van der Waals surface area (Å²) in [5.74, 6) is -0.596. The number of carboxylic acid groups (broad SMARTS) is 1.